The molecule has 0 aromatic carbocycles. The van der Waals surface area contributed by atoms with Crippen molar-refractivity contribution in [2.24, 2.45) is 5.73 Å². The molecule has 11 heteroatoms. The first kappa shape index (κ1) is 15.3. The van der Waals surface area contributed by atoms with Gasteiger partial charge in [-0.1, -0.05) is 5.21 Å². The van der Waals surface area contributed by atoms with E-state index < -0.39 is 42.3 Å². The Bertz CT molecular complexity index is 473. The van der Waals surface area contributed by atoms with Gasteiger partial charge in [0.2, 0.25) is 0 Å². The summed E-state index contributed by atoms with van der Waals surface area (Å²) in [4.78, 5) is 11.0. The third-order valence-electron chi connectivity index (χ3n) is 3.05. The van der Waals surface area contributed by atoms with Crippen LogP contribution in [0.15, 0.2) is 6.20 Å². The highest BCUT2D eigenvalue weighted by atomic mass is 32.2. The standard InChI is InChI=1S/C9H13BN4O5S/c10-20-9-7(17)5(6(16)4(2-15)19-9)14-1-3(8(11)18)12-13-14/h1,4-7,9,15-17H,2H2,(H2,11,18)/t4?,5?,6-,7?,9+/m0/s1. The third kappa shape index (κ3) is 2.67. The molecule has 3 unspecified atom stereocenters. The van der Waals surface area contributed by atoms with Crippen LogP contribution in [0.5, 0.6) is 0 Å². The highest BCUT2D eigenvalue weighted by Crippen LogP contribution is 2.33. The maximum Gasteiger partial charge on any atom is 0.270 e. The number of ether oxygens (including phenoxy) is 1. The van der Waals surface area contributed by atoms with E-state index in [1.807, 2.05) is 0 Å². The molecular weight excluding hydrogens is 287 g/mol. The summed E-state index contributed by atoms with van der Waals surface area (Å²) in [6.45, 7) is -0.460. The summed E-state index contributed by atoms with van der Waals surface area (Å²) in [7, 11) is 5.40. The minimum atomic E-state index is -1.25. The van der Waals surface area contributed by atoms with E-state index in [1.165, 1.54) is 6.20 Å². The summed E-state index contributed by atoms with van der Waals surface area (Å²) in [5.41, 5.74) is 4.10. The average Bonchev–Trinajstić information content (AvgIpc) is 2.89. The van der Waals surface area contributed by atoms with E-state index in [2.05, 4.69) is 10.3 Å². The lowest BCUT2D eigenvalue weighted by Gasteiger charge is -2.41. The SMILES string of the molecule is [B]S[C@H]1OC(CO)[C@H](O)C(n2cc(C(N)=O)nn2)C1O. The molecule has 20 heavy (non-hydrogen) atoms. The monoisotopic (exact) mass is 300 g/mol. The molecule has 0 aliphatic carbocycles. The molecule has 9 nitrogen and oxygen atoms in total. The summed E-state index contributed by atoms with van der Waals surface area (Å²) in [5, 5.41) is 36.6. The number of rotatable bonds is 4. The van der Waals surface area contributed by atoms with E-state index in [4.69, 9.17) is 17.6 Å². The van der Waals surface area contributed by atoms with Crippen LogP contribution < -0.4 is 5.73 Å². The highest BCUT2D eigenvalue weighted by Gasteiger charge is 2.45. The predicted octanol–water partition coefficient (Wildman–Crippen LogP) is -2.83. The highest BCUT2D eigenvalue weighted by molar-refractivity contribution is 8.20. The molecule has 1 saturated heterocycles. The zero-order chi connectivity index (χ0) is 14.9. The van der Waals surface area contributed by atoms with Crippen molar-refractivity contribution in [3.8, 4) is 0 Å². The molecule has 0 saturated carbocycles. The number of nitrogens with two attached hydrogens (primary N) is 1. The number of hydrogen-bond donors (Lipinski definition) is 4. The van der Waals surface area contributed by atoms with Gasteiger partial charge in [-0.05, 0) is 0 Å². The van der Waals surface area contributed by atoms with E-state index in [0.29, 0.717) is 0 Å². The number of carbonyl (C=O) groups excluding carboxylic acids is 1. The number of carbonyl (C=O) groups is 1. The average molecular weight is 300 g/mol. The van der Waals surface area contributed by atoms with Gasteiger partial charge in [-0.25, -0.2) is 4.68 Å². The summed E-state index contributed by atoms with van der Waals surface area (Å²) in [6.07, 6.45) is -2.19. The molecular formula is C9H13BN4O5S. The molecule has 1 aliphatic heterocycles. The van der Waals surface area contributed by atoms with Crippen LogP contribution in [-0.2, 0) is 4.74 Å². The van der Waals surface area contributed by atoms with E-state index in [9.17, 15) is 20.1 Å². The second-order valence-electron chi connectivity index (χ2n) is 4.28. The van der Waals surface area contributed by atoms with Gasteiger partial charge in [-0.2, -0.15) is 11.6 Å². The summed E-state index contributed by atoms with van der Waals surface area (Å²) in [6, 6.07) is -0.970. The van der Waals surface area contributed by atoms with Crippen molar-refractivity contribution in [2.75, 3.05) is 6.61 Å². The number of aliphatic hydroxyl groups excluding tert-OH is 3. The second kappa shape index (κ2) is 6.10. The molecule has 1 aromatic rings. The first-order valence-corrected chi connectivity index (χ1v) is 6.63. The predicted molar refractivity (Wildman–Crippen MR) is 68.7 cm³/mol. The van der Waals surface area contributed by atoms with Gasteiger partial charge >= 0.3 is 0 Å². The van der Waals surface area contributed by atoms with Crippen molar-refractivity contribution >= 4 is 24.6 Å². The largest absolute Gasteiger partial charge is 0.394 e. The van der Waals surface area contributed by atoms with Gasteiger partial charge in [0.1, 0.15) is 29.8 Å². The van der Waals surface area contributed by atoms with E-state index in [0.717, 1.165) is 16.3 Å². The van der Waals surface area contributed by atoms with Crippen molar-refractivity contribution < 1.29 is 24.9 Å². The zero-order valence-electron chi connectivity index (χ0n) is 10.2. The van der Waals surface area contributed by atoms with Gasteiger partial charge in [-0.3, -0.25) is 4.79 Å². The minimum absolute atomic E-state index is 0.103. The van der Waals surface area contributed by atoms with E-state index >= 15 is 0 Å². The topological polar surface area (TPSA) is 144 Å². The number of primary amides is 1. The van der Waals surface area contributed by atoms with E-state index in [-0.39, 0.29) is 5.69 Å². The van der Waals surface area contributed by atoms with Crippen LogP contribution >= 0.6 is 11.6 Å². The van der Waals surface area contributed by atoms with Crippen LogP contribution in [0.4, 0.5) is 0 Å². The van der Waals surface area contributed by atoms with Crippen LogP contribution in [0, 0.1) is 0 Å². The van der Waals surface area contributed by atoms with Crippen LogP contribution in [-0.4, -0.2) is 73.7 Å². The fourth-order valence-electron chi connectivity index (χ4n) is 2.03. The number of aliphatic hydroxyl groups is 3. The fraction of sp³-hybridized carbons (Fsp3) is 0.667. The Morgan fingerprint density at radius 2 is 2.25 bits per heavy atom. The molecule has 5 N–H and O–H groups in total. The molecule has 1 fully saturated rings. The summed E-state index contributed by atoms with van der Waals surface area (Å²) < 4.78 is 6.36. The Morgan fingerprint density at radius 3 is 2.75 bits per heavy atom. The Kier molecular flexibility index (Phi) is 4.65. The lowest BCUT2D eigenvalue weighted by molar-refractivity contribution is -0.178. The van der Waals surface area contributed by atoms with Crippen molar-refractivity contribution in [1.29, 1.82) is 0 Å². The Morgan fingerprint density at radius 1 is 1.55 bits per heavy atom. The number of nitrogens with zero attached hydrogens (tertiary/aromatic N) is 3. The second-order valence-corrected chi connectivity index (χ2v) is 5.02. The van der Waals surface area contributed by atoms with Crippen molar-refractivity contribution in [3.63, 3.8) is 0 Å². The Labute approximate surface area is 119 Å². The fourth-order valence-corrected chi connectivity index (χ4v) is 2.56. The van der Waals surface area contributed by atoms with Crippen molar-refractivity contribution in [1.82, 2.24) is 15.0 Å². The third-order valence-corrected chi connectivity index (χ3v) is 3.71. The molecule has 2 rings (SSSR count). The van der Waals surface area contributed by atoms with Gasteiger partial charge in [0.05, 0.1) is 12.8 Å². The number of amides is 1. The first-order valence-electron chi connectivity index (χ1n) is 5.69. The maximum absolute atomic E-state index is 11.0. The lowest BCUT2D eigenvalue weighted by Crippen LogP contribution is -2.55. The minimum Gasteiger partial charge on any atom is -0.394 e. The van der Waals surface area contributed by atoms with E-state index in [1.54, 1.807) is 0 Å². The van der Waals surface area contributed by atoms with Gasteiger partial charge < -0.3 is 25.8 Å². The quantitative estimate of drug-likeness (QED) is 0.436. The van der Waals surface area contributed by atoms with Crippen LogP contribution in [0.3, 0.4) is 0 Å². The molecule has 2 radical (unpaired) electrons. The van der Waals surface area contributed by atoms with Gasteiger partial charge in [0.25, 0.3) is 5.91 Å². The van der Waals surface area contributed by atoms with Gasteiger partial charge in [0.15, 0.2) is 12.8 Å². The smallest absolute Gasteiger partial charge is 0.270 e. The molecule has 5 atom stereocenters. The van der Waals surface area contributed by atoms with Gasteiger partial charge in [-0.15, -0.1) is 5.10 Å². The number of hydrogen-bond acceptors (Lipinski definition) is 8. The molecule has 2 heterocycles. The molecule has 1 amide bonds. The molecule has 108 valence electrons. The van der Waals surface area contributed by atoms with Crippen molar-refractivity contribution in [2.45, 2.75) is 29.8 Å². The van der Waals surface area contributed by atoms with Crippen molar-refractivity contribution in [3.05, 3.63) is 11.9 Å². The van der Waals surface area contributed by atoms with Crippen LogP contribution in [0.2, 0.25) is 0 Å². The Balaban J connectivity index is 2.31. The molecule has 1 aromatic heterocycles. The van der Waals surface area contributed by atoms with Gasteiger partial charge in [0, 0.05) is 0 Å². The Hall–Kier alpha value is -1.14. The summed E-state index contributed by atoms with van der Waals surface area (Å²) in [5.74, 6) is -0.782. The van der Waals surface area contributed by atoms with Crippen LogP contribution in [0.25, 0.3) is 0 Å². The normalized spacial score (nSPS) is 34.0. The zero-order valence-corrected chi connectivity index (χ0v) is 11.1. The van der Waals surface area contributed by atoms with Crippen LogP contribution in [0.1, 0.15) is 16.5 Å². The molecule has 0 spiro atoms. The molecule has 1 aliphatic rings. The maximum atomic E-state index is 11.0. The molecule has 0 bridgehead atoms. The first-order chi connectivity index (χ1) is 9.49. The number of aromatic nitrogens is 3. The lowest BCUT2D eigenvalue weighted by atomic mass is 9.97. The summed E-state index contributed by atoms with van der Waals surface area (Å²) >= 11 is 0.739.